The first-order valence-electron chi connectivity index (χ1n) is 6.54. The molecule has 1 aliphatic heterocycles. The van der Waals surface area contributed by atoms with Crippen molar-refractivity contribution in [1.82, 2.24) is 4.90 Å². The van der Waals surface area contributed by atoms with E-state index in [0.717, 1.165) is 12.0 Å². The maximum absolute atomic E-state index is 12.6. The highest BCUT2D eigenvalue weighted by Crippen LogP contribution is 2.31. The molecular weight excluding hydrogens is 276 g/mol. The first-order chi connectivity index (χ1) is 9.72. The van der Waals surface area contributed by atoms with Crippen molar-refractivity contribution < 1.29 is 9.21 Å². The Balaban J connectivity index is 1.96. The quantitative estimate of drug-likeness (QED) is 0.925. The minimum atomic E-state index is -0.131. The SMILES string of the molecule is NCC1c2ccccc2CCN1C(=O)c1ccoc1Cl. The molecule has 0 aliphatic carbocycles. The molecule has 1 aliphatic rings. The number of fused-ring (bicyclic) bond motifs is 1. The summed E-state index contributed by atoms with van der Waals surface area (Å²) >= 11 is 5.90. The highest BCUT2D eigenvalue weighted by atomic mass is 35.5. The molecule has 1 aromatic heterocycles. The topological polar surface area (TPSA) is 59.5 Å². The van der Waals surface area contributed by atoms with Crippen molar-refractivity contribution >= 4 is 17.5 Å². The number of furan rings is 1. The normalized spacial score (nSPS) is 17.9. The van der Waals surface area contributed by atoms with Crippen LogP contribution < -0.4 is 5.73 Å². The Labute approximate surface area is 122 Å². The summed E-state index contributed by atoms with van der Waals surface area (Å²) in [6.45, 7) is 1.03. The van der Waals surface area contributed by atoms with Crippen molar-refractivity contribution in [2.45, 2.75) is 12.5 Å². The van der Waals surface area contributed by atoms with E-state index in [1.54, 1.807) is 11.0 Å². The van der Waals surface area contributed by atoms with Gasteiger partial charge >= 0.3 is 0 Å². The van der Waals surface area contributed by atoms with Crippen molar-refractivity contribution in [3.63, 3.8) is 0 Å². The summed E-state index contributed by atoms with van der Waals surface area (Å²) in [7, 11) is 0. The van der Waals surface area contributed by atoms with E-state index in [4.69, 9.17) is 21.8 Å². The molecule has 2 N–H and O–H groups in total. The number of amides is 1. The van der Waals surface area contributed by atoms with Gasteiger partial charge in [-0.15, -0.1) is 0 Å². The molecule has 4 nitrogen and oxygen atoms in total. The van der Waals surface area contributed by atoms with E-state index in [2.05, 4.69) is 6.07 Å². The minimum absolute atomic E-state index is 0.113. The van der Waals surface area contributed by atoms with Crippen molar-refractivity contribution in [2.75, 3.05) is 13.1 Å². The molecule has 0 radical (unpaired) electrons. The number of hydrogen-bond acceptors (Lipinski definition) is 3. The summed E-state index contributed by atoms with van der Waals surface area (Å²) < 4.78 is 5.00. The standard InChI is InChI=1S/C15H15ClN2O2/c16-14-12(6-8-20-14)15(19)18-7-5-10-3-1-2-4-11(10)13(18)9-17/h1-4,6,8,13H,5,7,9,17H2. The Bertz CT molecular complexity index is 638. The number of nitrogens with zero attached hydrogens (tertiary/aromatic N) is 1. The lowest BCUT2D eigenvalue weighted by atomic mass is 9.92. The largest absolute Gasteiger partial charge is 0.452 e. The van der Waals surface area contributed by atoms with Gasteiger partial charge in [-0.2, -0.15) is 0 Å². The summed E-state index contributed by atoms with van der Waals surface area (Å²) in [6, 6.07) is 9.59. The zero-order chi connectivity index (χ0) is 14.1. The molecule has 0 fully saturated rings. The minimum Gasteiger partial charge on any atom is -0.452 e. The lowest BCUT2D eigenvalue weighted by Gasteiger charge is -2.36. The molecule has 1 atom stereocenters. The van der Waals surface area contributed by atoms with Crippen LogP contribution in [0.5, 0.6) is 0 Å². The molecule has 0 saturated heterocycles. The summed E-state index contributed by atoms with van der Waals surface area (Å²) in [5.41, 5.74) is 8.66. The van der Waals surface area contributed by atoms with Gasteiger partial charge in [0.15, 0.2) is 0 Å². The third kappa shape index (κ3) is 2.11. The molecule has 0 spiro atoms. The first-order valence-corrected chi connectivity index (χ1v) is 6.92. The lowest BCUT2D eigenvalue weighted by Crippen LogP contribution is -2.43. The van der Waals surface area contributed by atoms with Crippen LogP contribution in [-0.2, 0) is 6.42 Å². The Morgan fingerprint density at radius 1 is 1.40 bits per heavy atom. The number of carbonyl (C=O) groups excluding carboxylic acids is 1. The number of carbonyl (C=O) groups is 1. The van der Waals surface area contributed by atoms with Gasteiger partial charge in [0.05, 0.1) is 17.9 Å². The number of nitrogens with two attached hydrogens (primary N) is 1. The van der Waals surface area contributed by atoms with Gasteiger partial charge in [0, 0.05) is 13.1 Å². The van der Waals surface area contributed by atoms with Crippen molar-refractivity contribution in [1.29, 1.82) is 0 Å². The summed E-state index contributed by atoms with van der Waals surface area (Å²) in [4.78, 5) is 14.4. The van der Waals surface area contributed by atoms with Gasteiger partial charge in [-0.3, -0.25) is 4.79 Å². The van der Waals surface area contributed by atoms with Crippen LogP contribution >= 0.6 is 11.6 Å². The second-order valence-electron chi connectivity index (χ2n) is 4.81. The van der Waals surface area contributed by atoms with Crippen LogP contribution in [0.25, 0.3) is 0 Å². The molecule has 2 heterocycles. The average molecular weight is 291 g/mol. The Hall–Kier alpha value is -1.78. The second-order valence-corrected chi connectivity index (χ2v) is 5.15. The van der Waals surface area contributed by atoms with E-state index in [1.165, 1.54) is 11.8 Å². The van der Waals surface area contributed by atoms with E-state index in [0.29, 0.717) is 18.7 Å². The van der Waals surface area contributed by atoms with Crippen molar-refractivity contribution in [3.05, 3.63) is 58.5 Å². The summed E-state index contributed by atoms with van der Waals surface area (Å²) in [5.74, 6) is -0.131. The highest BCUT2D eigenvalue weighted by Gasteiger charge is 2.31. The van der Waals surface area contributed by atoms with Crippen LogP contribution in [0, 0.1) is 0 Å². The Kier molecular flexibility index (Phi) is 3.51. The summed E-state index contributed by atoms with van der Waals surface area (Å²) in [5, 5.41) is 0.129. The predicted octanol–water partition coefficient (Wildman–Crippen LogP) is 2.63. The van der Waals surface area contributed by atoms with Gasteiger partial charge in [0.25, 0.3) is 5.91 Å². The van der Waals surface area contributed by atoms with Gasteiger partial charge in [0.2, 0.25) is 5.22 Å². The van der Waals surface area contributed by atoms with Crippen molar-refractivity contribution in [3.8, 4) is 0 Å². The second kappa shape index (κ2) is 5.31. The number of rotatable bonds is 2. The fourth-order valence-corrected chi connectivity index (χ4v) is 2.95. The van der Waals surface area contributed by atoms with Crippen LogP contribution in [0.1, 0.15) is 27.5 Å². The van der Waals surface area contributed by atoms with E-state index in [9.17, 15) is 4.79 Å². The molecule has 0 saturated carbocycles. The molecular formula is C15H15ClN2O2. The molecule has 5 heteroatoms. The van der Waals surface area contributed by atoms with Crippen molar-refractivity contribution in [2.24, 2.45) is 5.73 Å². The molecule has 20 heavy (non-hydrogen) atoms. The van der Waals surface area contributed by atoms with Crippen LogP contribution in [0.4, 0.5) is 0 Å². The van der Waals surface area contributed by atoms with Gasteiger partial charge in [0.1, 0.15) is 0 Å². The fraction of sp³-hybridized carbons (Fsp3) is 0.267. The summed E-state index contributed by atoms with van der Waals surface area (Å²) in [6.07, 6.45) is 2.25. The van der Waals surface area contributed by atoms with E-state index >= 15 is 0 Å². The fourth-order valence-electron chi connectivity index (χ4n) is 2.75. The monoisotopic (exact) mass is 290 g/mol. The molecule has 2 aromatic rings. The number of halogens is 1. The molecule has 0 bridgehead atoms. The highest BCUT2D eigenvalue weighted by molar-refractivity contribution is 6.32. The van der Waals surface area contributed by atoms with Crippen LogP contribution in [0.3, 0.4) is 0 Å². The average Bonchev–Trinajstić information content (AvgIpc) is 2.91. The van der Waals surface area contributed by atoms with E-state index < -0.39 is 0 Å². The first kappa shape index (κ1) is 13.2. The zero-order valence-electron chi connectivity index (χ0n) is 10.9. The maximum Gasteiger partial charge on any atom is 0.259 e. The van der Waals surface area contributed by atoms with Crippen LogP contribution in [0.15, 0.2) is 41.0 Å². The maximum atomic E-state index is 12.6. The van der Waals surface area contributed by atoms with Gasteiger partial charge in [-0.25, -0.2) is 0 Å². The third-order valence-corrected chi connectivity index (χ3v) is 4.04. The zero-order valence-corrected chi connectivity index (χ0v) is 11.6. The molecule has 1 unspecified atom stereocenters. The number of benzene rings is 1. The van der Waals surface area contributed by atoms with Gasteiger partial charge in [-0.1, -0.05) is 24.3 Å². The molecule has 1 amide bonds. The third-order valence-electron chi connectivity index (χ3n) is 3.74. The van der Waals surface area contributed by atoms with Gasteiger partial charge < -0.3 is 15.1 Å². The molecule has 104 valence electrons. The number of hydrogen-bond donors (Lipinski definition) is 1. The van der Waals surface area contributed by atoms with E-state index in [1.807, 2.05) is 18.2 Å². The molecule has 3 rings (SSSR count). The Morgan fingerprint density at radius 3 is 2.90 bits per heavy atom. The Morgan fingerprint density at radius 2 is 2.20 bits per heavy atom. The molecule has 1 aromatic carbocycles. The predicted molar refractivity (Wildman–Crippen MR) is 76.7 cm³/mol. The van der Waals surface area contributed by atoms with E-state index in [-0.39, 0.29) is 17.2 Å². The van der Waals surface area contributed by atoms with Crippen LogP contribution in [0.2, 0.25) is 5.22 Å². The lowest BCUT2D eigenvalue weighted by molar-refractivity contribution is 0.0667. The van der Waals surface area contributed by atoms with Gasteiger partial charge in [-0.05, 0) is 35.2 Å². The smallest absolute Gasteiger partial charge is 0.259 e. The van der Waals surface area contributed by atoms with Crippen LogP contribution in [-0.4, -0.2) is 23.9 Å².